The Morgan fingerprint density at radius 2 is 0.904 bits per heavy atom. The van der Waals surface area contributed by atoms with Gasteiger partial charge in [0.1, 0.15) is 23.7 Å². The van der Waals surface area contributed by atoms with E-state index in [1.54, 1.807) is 12.1 Å². The summed E-state index contributed by atoms with van der Waals surface area (Å²) in [6.07, 6.45) is 6.42. The SMILES string of the molecule is CCC(=O)c1cc(C(=O)CC2CC2)cc2c1O[C@@H](C)[C@H]2c1ccccc1.CCC(=O)c1cc(C(=O)CC2CC2)cc2c1O[C@H](C)[C@H]2c1ccccc1. The van der Waals surface area contributed by atoms with Crippen LogP contribution in [0.4, 0.5) is 0 Å². The molecule has 0 spiro atoms. The monoisotopic (exact) mass is 696 g/mol. The molecule has 0 N–H and O–H groups in total. The lowest BCUT2D eigenvalue weighted by molar-refractivity contribution is 0.0963. The standard InChI is InChI=1S/2C23H24O3/c2*1-3-20(24)18-12-17(21(25)11-15-9-10-15)13-19-22(14(2)26-23(18)19)16-7-5-4-6-8-16/h2*4-8,12-15,22H,3,9-11H2,1-2H3/t14-,22+;14-,22-/m10/s1. The Bertz CT molecular complexity index is 1840. The number of ether oxygens (including phenoxy) is 2. The van der Waals surface area contributed by atoms with Crippen molar-refractivity contribution in [2.75, 3.05) is 0 Å². The molecule has 2 saturated carbocycles. The van der Waals surface area contributed by atoms with E-state index >= 15 is 0 Å². The third kappa shape index (κ3) is 7.39. The first-order chi connectivity index (χ1) is 25.2. The van der Waals surface area contributed by atoms with Gasteiger partial charge in [0.15, 0.2) is 23.1 Å². The lowest BCUT2D eigenvalue weighted by Gasteiger charge is -2.15. The van der Waals surface area contributed by atoms with Crippen LogP contribution in [0.25, 0.3) is 0 Å². The van der Waals surface area contributed by atoms with Gasteiger partial charge in [-0.25, -0.2) is 0 Å². The third-order valence-corrected chi connectivity index (χ3v) is 11.0. The summed E-state index contributed by atoms with van der Waals surface area (Å²) in [5.41, 5.74) is 6.70. The van der Waals surface area contributed by atoms with Gasteiger partial charge < -0.3 is 9.47 Å². The van der Waals surface area contributed by atoms with Crippen molar-refractivity contribution in [2.45, 2.75) is 103 Å². The van der Waals surface area contributed by atoms with Crippen LogP contribution in [0.1, 0.15) is 155 Å². The minimum atomic E-state index is -0.0652. The number of ketones is 4. The minimum absolute atomic E-state index is 0.0308. The van der Waals surface area contributed by atoms with E-state index in [0.717, 1.165) is 47.9 Å². The number of carbonyl (C=O) groups excluding carboxylic acids is 4. The molecule has 6 nitrogen and oxygen atoms in total. The molecule has 2 heterocycles. The number of hydrogen-bond acceptors (Lipinski definition) is 6. The Kier molecular flexibility index (Phi) is 10.3. The van der Waals surface area contributed by atoms with Crippen LogP contribution in [0.15, 0.2) is 84.9 Å². The zero-order valence-corrected chi connectivity index (χ0v) is 30.7. The van der Waals surface area contributed by atoms with E-state index in [4.69, 9.17) is 9.47 Å². The topological polar surface area (TPSA) is 86.7 Å². The van der Waals surface area contributed by atoms with Crippen LogP contribution in [0, 0.1) is 11.8 Å². The van der Waals surface area contributed by atoms with Gasteiger partial charge in [-0.15, -0.1) is 0 Å². The summed E-state index contributed by atoms with van der Waals surface area (Å²) in [4.78, 5) is 50.5. The first-order valence-electron chi connectivity index (χ1n) is 19.1. The summed E-state index contributed by atoms with van der Waals surface area (Å²) in [5, 5.41) is 0. The number of carbonyl (C=O) groups is 4. The molecule has 0 saturated heterocycles. The van der Waals surface area contributed by atoms with Gasteiger partial charge in [0.05, 0.1) is 11.1 Å². The molecule has 268 valence electrons. The van der Waals surface area contributed by atoms with Gasteiger partial charge in [-0.3, -0.25) is 19.2 Å². The van der Waals surface area contributed by atoms with Crippen LogP contribution in [-0.4, -0.2) is 35.3 Å². The molecule has 2 aliphatic carbocycles. The van der Waals surface area contributed by atoms with Gasteiger partial charge in [-0.05, 0) is 86.8 Å². The maximum atomic E-state index is 12.7. The highest BCUT2D eigenvalue weighted by atomic mass is 16.5. The predicted octanol–water partition coefficient (Wildman–Crippen LogP) is 10.3. The highest BCUT2D eigenvalue weighted by molar-refractivity contribution is 6.05. The normalized spacial score (nSPS) is 21.2. The van der Waals surface area contributed by atoms with E-state index in [1.165, 1.54) is 0 Å². The average molecular weight is 697 g/mol. The smallest absolute Gasteiger partial charge is 0.166 e. The molecule has 4 atom stereocenters. The first kappa shape index (κ1) is 35.6. The van der Waals surface area contributed by atoms with Crippen molar-refractivity contribution in [3.8, 4) is 11.5 Å². The van der Waals surface area contributed by atoms with Gasteiger partial charge in [-0.1, -0.05) is 74.5 Å². The fourth-order valence-electron chi connectivity index (χ4n) is 7.78. The van der Waals surface area contributed by atoms with Gasteiger partial charge in [0.2, 0.25) is 0 Å². The molecular formula is C46H48O6. The number of rotatable bonds is 12. The molecule has 6 heteroatoms. The highest BCUT2D eigenvalue weighted by Gasteiger charge is 2.38. The number of Topliss-reactive ketones (excluding diaryl/α,β-unsaturated/α-hetero) is 4. The molecule has 0 aromatic heterocycles. The maximum absolute atomic E-state index is 12.7. The van der Waals surface area contributed by atoms with E-state index in [2.05, 4.69) is 24.3 Å². The fourth-order valence-corrected chi connectivity index (χ4v) is 7.78. The molecule has 4 aromatic carbocycles. The molecule has 4 aromatic rings. The Labute approximate surface area is 306 Å². The molecule has 0 radical (unpaired) electrons. The van der Waals surface area contributed by atoms with Crippen molar-refractivity contribution in [1.29, 1.82) is 0 Å². The van der Waals surface area contributed by atoms with Crippen LogP contribution in [-0.2, 0) is 0 Å². The van der Waals surface area contributed by atoms with Gasteiger partial charge in [-0.2, -0.15) is 0 Å². The van der Waals surface area contributed by atoms with Crippen molar-refractivity contribution >= 4 is 23.1 Å². The van der Waals surface area contributed by atoms with E-state index < -0.39 is 0 Å². The predicted molar refractivity (Wildman–Crippen MR) is 202 cm³/mol. The molecular weight excluding hydrogens is 649 g/mol. The third-order valence-electron chi connectivity index (χ3n) is 11.0. The van der Waals surface area contributed by atoms with Crippen LogP contribution in [0.5, 0.6) is 11.5 Å². The summed E-state index contributed by atoms with van der Waals surface area (Å²) < 4.78 is 12.2. The van der Waals surface area contributed by atoms with Crippen molar-refractivity contribution in [3.63, 3.8) is 0 Å². The molecule has 52 heavy (non-hydrogen) atoms. The fraction of sp³-hybridized carbons (Fsp3) is 0.391. The number of benzene rings is 4. The molecule has 2 fully saturated rings. The van der Waals surface area contributed by atoms with Crippen molar-refractivity contribution < 1.29 is 28.7 Å². The van der Waals surface area contributed by atoms with Crippen LogP contribution >= 0.6 is 0 Å². The van der Waals surface area contributed by atoms with Crippen molar-refractivity contribution in [2.24, 2.45) is 11.8 Å². The van der Waals surface area contributed by atoms with Crippen molar-refractivity contribution in [3.05, 3.63) is 129 Å². The quantitative estimate of drug-likeness (QED) is 0.137. The summed E-state index contributed by atoms with van der Waals surface area (Å²) in [6, 6.07) is 27.8. The summed E-state index contributed by atoms with van der Waals surface area (Å²) >= 11 is 0. The zero-order valence-electron chi connectivity index (χ0n) is 30.7. The Balaban J connectivity index is 0.000000162. The maximum Gasteiger partial charge on any atom is 0.166 e. The Morgan fingerprint density at radius 1 is 0.538 bits per heavy atom. The Morgan fingerprint density at radius 3 is 1.23 bits per heavy atom. The number of fused-ring (bicyclic) bond motifs is 2. The average Bonchev–Trinajstić information content (AvgIpc) is 4.10. The van der Waals surface area contributed by atoms with E-state index in [-0.39, 0.29) is 47.2 Å². The van der Waals surface area contributed by atoms with E-state index in [1.807, 2.05) is 76.2 Å². The zero-order chi connectivity index (χ0) is 36.5. The second-order valence-electron chi connectivity index (χ2n) is 15.0. The van der Waals surface area contributed by atoms with Gasteiger partial charge in [0, 0.05) is 59.8 Å². The second-order valence-corrected chi connectivity index (χ2v) is 15.0. The van der Waals surface area contributed by atoms with Crippen LogP contribution in [0.2, 0.25) is 0 Å². The van der Waals surface area contributed by atoms with Gasteiger partial charge >= 0.3 is 0 Å². The van der Waals surface area contributed by atoms with E-state index in [9.17, 15) is 19.2 Å². The molecule has 0 bridgehead atoms. The lowest BCUT2D eigenvalue weighted by Crippen LogP contribution is -2.15. The van der Waals surface area contributed by atoms with Crippen LogP contribution in [0.3, 0.4) is 0 Å². The number of hydrogen-bond donors (Lipinski definition) is 0. The van der Waals surface area contributed by atoms with Crippen LogP contribution < -0.4 is 9.47 Å². The Hall–Kier alpha value is -4.84. The van der Waals surface area contributed by atoms with Crippen molar-refractivity contribution in [1.82, 2.24) is 0 Å². The highest BCUT2D eigenvalue weighted by Crippen LogP contribution is 2.47. The molecule has 2 aliphatic heterocycles. The lowest BCUT2D eigenvalue weighted by atomic mass is 9.85. The first-order valence-corrected chi connectivity index (χ1v) is 19.1. The summed E-state index contributed by atoms with van der Waals surface area (Å²) in [5.74, 6) is 2.83. The summed E-state index contributed by atoms with van der Waals surface area (Å²) in [6.45, 7) is 7.76. The molecule has 8 rings (SSSR count). The largest absolute Gasteiger partial charge is 0.489 e. The minimum Gasteiger partial charge on any atom is -0.489 e. The van der Waals surface area contributed by atoms with Gasteiger partial charge in [0.25, 0.3) is 0 Å². The summed E-state index contributed by atoms with van der Waals surface area (Å²) in [7, 11) is 0. The molecule has 4 aliphatic rings. The van der Waals surface area contributed by atoms with E-state index in [0.29, 0.717) is 71.3 Å². The molecule has 0 amide bonds. The molecule has 0 unspecified atom stereocenters. The second kappa shape index (κ2) is 15.0.